The summed E-state index contributed by atoms with van der Waals surface area (Å²) in [6.45, 7) is 3.58. The summed E-state index contributed by atoms with van der Waals surface area (Å²) in [6.07, 6.45) is 5.60. The zero-order chi connectivity index (χ0) is 23.8. The number of methoxy groups -OCH3 is 2. The Labute approximate surface area is 203 Å². The van der Waals surface area contributed by atoms with Crippen LogP contribution in [0.2, 0.25) is 0 Å². The van der Waals surface area contributed by atoms with Crippen LogP contribution in [-0.2, 0) is 0 Å². The SMILES string of the molecule is COc1cc2ncnc([N+]3(C4CNCC4Oc4cnc5ccccc5n4)CCCC3)c2cc1OC. The molecule has 6 rings (SSSR count). The topological polar surface area (TPSA) is 91.3 Å². The zero-order valence-electron chi connectivity index (χ0n) is 20.0. The highest BCUT2D eigenvalue weighted by molar-refractivity contribution is 5.91. The molecule has 9 nitrogen and oxygen atoms in total. The number of nitrogens with zero attached hydrogens (tertiary/aromatic N) is 5. The minimum atomic E-state index is -0.0614. The van der Waals surface area contributed by atoms with E-state index in [-0.39, 0.29) is 12.1 Å². The maximum absolute atomic E-state index is 6.51. The summed E-state index contributed by atoms with van der Waals surface area (Å²) in [4.78, 5) is 18.7. The number of aromatic nitrogens is 4. The Balaban J connectivity index is 1.40. The molecule has 1 N–H and O–H groups in total. The molecule has 180 valence electrons. The van der Waals surface area contributed by atoms with Gasteiger partial charge in [-0.2, -0.15) is 4.98 Å². The molecule has 0 bridgehead atoms. The molecular weight excluding hydrogens is 444 g/mol. The molecule has 2 unspecified atom stereocenters. The molecule has 35 heavy (non-hydrogen) atoms. The smallest absolute Gasteiger partial charge is 0.239 e. The van der Waals surface area contributed by atoms with Crippen LogP contribution in [0.1, 0.15) is 12.8 Å². The van der Waals surface area contributed by atoms with E-state index in [1.165, 1.54) is 0 Å². The number of para-hydroxylation sites is 2. The van der Waals surface area contributed by atoms with Crippen molar-refractivity contribution in [2.24, 2.45) is 0 Å². The first-order chi connectivity index (χ1) is 17.2. The molecule has 0 aliphatic carbocycles. The number of hydrogen-bond donors (Lipinski definition) is 1. The van der Waals surface area contributed by atoms with Crippen LogP contribution < -0.4 is 24.0 Å². The number of nitrogens with one attached hydrogen (secondary N) is 1. The van der Waals surface area contributed by atoms with E-state index in [1.54, 1.807) is 26.7 Å². The summed E-state index contributed by atoms with van der Waals surface area (Å²) in [7, 11) is 3.30. The van der Waals surface area contributed by atoms with Gasteiger partial charge in [0.1, 0.15) is 12.4 Å². The molecule has 0 radical (unpaired) electrons. The van der Waals surface area contributed by atoms with Gasteiger partial charge in [0.2, 0.25) is 11.7 Å². The molecule has 9 heteroatoms. The van der Waals surface area contributed by atoms with Crippen molar-refractivity contribution in [1.29, 1.82) is 0 Å². The lowest BCUT2D eigenvalue weighted by Gasteiger charge is -2.40. The van der Waals surface area contributed by atoms with E-state index in [1.807, 2.05) is 36.4 Å². The fourth-order valence-electron chi connectivity index (χ4n) is 5.73. The summed E-state index contributed by atoms with van der Waals surface area (Å²) in [6, 6.07) is 12.0. The van der Waals surface area contributed by atoms with Gasteiger partial charge >= 0.3 is 0 Å². The molecule has 2 aliphatic heterocycles. The molecule has 2 aliphatic rings. The van der Waals surface area contributed by atoms with E-state index in [2.05, 4.69) is 15.3 Å². The number of rotatable bonds is 6. The summed E-state index contributed by atoms with van der Waals surface area (Å²) in [5, 5.41) is 4.55. The normalized spacial score (nSPS) is 21.4. The number of quaternary nitrogens is 1. The Hall–Kier alpha value is -3.56. The number of hydrogen-bond acceptors (Lipinski definition) is 8. The van der Waals surface area contributed by atoms with Gasteiger partial charge in [0.25, 0.3) is 0 Å². The van der Waals surface area contributed by atoms with E-state index in [9.17, 15) is 0 Å². The van der Waals surface area contributed by atoms with Crippen LogP contribution in [0.25, 0.3) is 21.9 Å². The second-order valence-electron chi connectivity index (χ2n) is 9.19. The molecule has 4 heterocycles. The molecule has 0 spiro atoms. The van der Waals surface area contributed by atoms with Crippen molar-refractivity contribution in [3.63, 3.8) is 0 Å². The summed E-state index contributed by atoms with van der Waals surface area (Å²) < 4.78 is 18.4. The second kappa shape index (κ2) is 8.90. The minimum absolute atomic E-state index is 0.0614. The van der Waals surface area contributed by atoms with Crippen LogP contribution in [0.5, 0.6) is 17.4 Å². The predicted octanol–water partition coefficient (Wildman–Crippen LogP) is 3.11. The first kappa shape index (κ1) is 21.9. The molecule has 2 aromatic carbocycles. The van der Waals surface area contributed by atoms with Gasteiger partial charge in [-0.1, -0.05) is 12.1 Å². The van der Waals surface area contributed by atoms with E-state index in [0.29, 0.717) is 17.4 Å². The third kappa shape index (κ3) is 3.71. The van der Waals surface area contributed by atoms with Gasteiger partial charge in [-0.3, -0.25) is 4.48 Å². The van der Waals surface area contributed by atoms with Crippen LogP contribution in [0, 0.1) is 0 Å². The highest BCUT2D eigenvalue weighted by atomic mass is 16.5. The van der Waals surface area contributed by atoms with E-state index in [0.717, 1.165) is 71.3 Å². The lowest BCUT2D eigenvalue weighted by molar-refractivity contribution is 0.114. The van der Waals surface area contributed by atoms with Crippen LogP contribution >= 0.6 is 0 Å². The van der Waals surface area contributed by atoms with Crippen LogP contribution in [-0.4, -0.2) is 72.5 Å². The molecule has 0 saturated carbocycles. The van der Waals surface area contributed by atoms with Crippen LogP contribution in [0.3, 0.4) is 0 Å². The Morgan fingerprint density at radius 2 is 1.66 bits per heavy atom. The Bertz CT molecular complexity index is 1370. The van der Waals surface area contributed by atoms with Gasteiger partial charge in [-0.15, -0.1) is 0 Å². The van der Waals surface area contributed by atoms with Gasteiger partial charge in [0, 0.05) is 31.5 Å². The van der Waals surface area contributed by atoms with Crippen molar-refractivity contribution >= 4 is 27.8 Å². The van der Waals surface area contributed by atoms with Crippen molar-refractivity contribution in [1.82, 2.24) is 29.7 Å². The van der Waals surface area contributed by atoms with Crippen LogP contribution in [0.4, 0.5) is 5.82 Å². The highest BCUT2D eigenvalue weighted by Gasteiger charge is 2.51. The highest BCUT2D eigenvalue weighted by Crippen LogP contribution is 2.41. The Morgan fingerprint density at radius 1 is 0.886 bits per heavy atom. The maximum Gasteiger partial charge on any atom is 0.239 e. The lowest BCUT2D eigenvalue weighted by Crippen LogP contribution is -2.61. The van der Waals surface area contributed by atoms with Crippen molar-refractivity contribution in [2.45, 2.75) is 25.0 Å². The van der Waals surface area contributed by atoms with Gasteiger partial charge in [0.05, 0.1) is 62.0 Å². The van der Waals surface area contributed by atoms with Gasteiger partial charge in [0.15, 0.2) is 17.6 Å². The monoisotopic (exact) mass is 473 g/mol. The molecule has 4 aromatic rings. The van der Waals surface area contributed by atoms with Gasteiger partial charge in [-0.05, 0) is 12.1 Å². The standard InChI is InChI=1S/C26H29N6O3/c1-33-22-11-17-20(12-23(22)34-2)29-16-30-26(17)32(9-5-6-10-32)21-13-27-14-24(21)35-25-15-28-18-7-3-4-8-19(18)31-25/h3-4,7-8,11-12,15-16,21,24,27H,5-6,9-10,13-14H2,1-2H3/q+1. The summed E-state index contributed by atoms with van der Waals surface area (Å²) >= 11 is 0. The second-order valence-corrected chi connectivity index (χ2v) is 9.19. The first-order valence-corrected chi connectivity index (χ1v) is 12.0. The predicted molar refractivity (Wildman–Crippen MR) is 134 cm³/mol. The number of likely N-dealkylation sites (tertiary alicyclic amines) is 1. The first-order valence-electron chi connectivity index (χ1n) is 12.0. The molecular formula is C26H29N6O3+. The summed E-state index contributed by atoms with van der Waals surface area (Å²) in [5.74, 6) is 2.91. The Kier molecular flexibility index (Phi) is 5.58. The van der Waals surface area contributed by atoms with E-state index in [4.69, 9.17) is 24.2 Å². The van der Waals surface area contributed by atoms with Crippen molar-refractivity contribution in [2.75, 3.05) is 40.4 Å². The fraction of sp³-hybridized carbons (Fsp3) is 0.385. The van der Waals surface area contributed by atoms with Gasteiger partial charge < -0.3 is 19.5 Å². The van der Waals surface area contributed by atoms with Gasteiger partial charge in [-0.25, -0.2) is 15.0 Å². The summed E-state index contributed by atoms with van der Waals surface area (Å²) in [5.41, 5.74) is 2.54. The minimum Gasteiger partial charge on any atom is -0.493 e. The van der Waals surface area contributed by atoms with Crippen molar-refractivity contribution < 1.29 is 14.2 Å². The number of fused-ring (bicyclic) bond motifs is 2. The number of benzene rings is 2. The average Bonchev–Trinajstić information content (AvgIpc) is 3.58. The fourth-order valence-corrected chi connectivity index (χ4v) is 5.73. The van der Waals surface area contributed by atoms with Crippen molar-refractivity contribution in [3.8, 4) is 17.4 Å². The molecule has 2 fully saturated rings. The molecule has 2 aromatic heterocycles. The lowest BCUT2D eigenvalue weighted by atomic mass is 10.1. The number of ether oxygens (including phenoxy) is 3. The van der Waals surface area contributed by atoms with Crippen molar-refractivity contribution in [3.05, 3.63) is 48.9 Å². The average molecular weight is 474 g/mol. The molecule has 0 amide bonds. The Morgan fingerprint density at radius 3 is 2.46 bits per heavy atom. The van der Waals surface area contributed by atoms with E-state index >= 15 is 0 Å². The third-order valence-corrected chi connectivity index (χ3v) is 7.37. The molecule has 2 saturated heterocycles. The molecule has 2 atom stereocenters. The maximum atomic E-state index is 6.51. The van der Waals surface area contributed by atoms with Crippen LogP contribution in [0.15, 0.2) is 48.9 Å². The zero-order valence-corrected chi connectivity index (χ0v) is 20.0. The quantitative estimate of drug-likeness (QED) is 0.427. The third-order valence-electron chi connectivity index (χ3n) is 7.37. The largest absolute Gasteiger partial charge is 0.493 e. The van der Waals surface area contributed by atoms with E-state index < -0.39 is 0 Å².